The monoisotopic (exact) mass is 595 g/mol. The summed E-state index contributed by atoms with van der Waals surface area (Å²) < 4.78 is 0. The first-order chi connectivity index (χ1) is 19.8. The van der Waals surface area contributed by atoms with Gasteiger partial charge in [-0.2, -0.15) is 0 Å². The van der Waals surface area contributed by atoms with Crippen molar-refractivity contribution in [3.8, 4) is 0 Å². The van der Waals surface area contributed by atoms with Gasteiger partial charge in [0, 0.05) is 12.8 Å². The van der Waals surface area contributed by atoms with E-state index in [1.165, 1.54) is 4.90 Å². The van der Waals surface area contributed by atoms with Gasteiger partial charge in [0.1, 0.15) is 30.3 Å². The van der Waals surface area contributed by atoms with Gasteiger partial charge in [-0.05, 0) is 37.4 Å². The number of likely N-dealkylation sites (N-methyl/N-ethyl adjacent to an activating group) is 1. The third-order valence-electron chi connectivity index (χ3n) is 8.18. The molecule has 9 nitrogen and oxygen atoms in total. The summed E-state index contributed by atoms with van der Waals surface area (Å²) in [5, 5.41) is 5.80. The van der Waals surface area contributed by atoms with Crippen LogP contribution in [0, 0.1) is 12.3 Å². The van der Waals surface area contributed by atoms with Crippen molar-refractivity contribution in [1.82, 2.24) is 25.3 Å². The molecule has 0 bridgehead atoms. The molecular formula is C32H42ClN5O4. The molecule has 0 aromatic heterocycles. The first kappa shape index (κ1) is 31.5. The van der Waals surface area contributed by atoms with Crippen LogP contribution >= 0.6 is 11.6 Å². The Morgan fingerprint density at radius 1 is 1.02 bits per heavy atom. The Kier molecular flexibility index (Phi) is 9.63. The van der Waals surface area contributed by atoms with E-state index < -0.39 is 35.2 Å². The Morgan fingerprint density at radius 2 is 1.67 bits per heavy atom. The Morgan fingerprint density at radius 3 is 2.26 bits per heavy atom. The van der Waals surface area contributed by atoms with Crippen LogP contribution in [0.2, 0.25) is 0 Å². The van der Waals surface area contributed by atoms with Gasteiger partial charge in [0.15, 0.2) is 0 Å². The first-order valence-electron chi connectivity index (χ1n) is 14.4. The summed E-state index contributed by atoms with van der Waals surface area (Å²) in [6, 6.07) is 15.3. The fraction of sp³-hybridized carbons (Fsp3) is 0.500. The summed E-state index contributed by atoms with van der Waals surface area (Å²) in [6.07, 6.45) is 0.00919. The van der Waals surface area contributed by atoms with Gasteiger partial charge in [0.25, 0.3) is 0 Å². The lowest BCUT2D eigenvalue weighted by Crippen LogP contribution is -2.67. The van der Waals surface area contributed by atoms with Crippen LogP contribution in [0.25, 0.3) is 0 Å². The van der Waals surface area contributed by atoms with Gasteiger partial charge in [-0.15, -0.1) is 0 Å². The molecule has 4 amide bonds. The number of piperazine rings is 1. The lowest BCUT2D eigenvalue weighted by molar-refractivity contribution is -0.157. The summed E-state index contributed by atoms with van der Waals surface area (Å²) in [7, 11) is 1.68. The van der Waals surface area contributed by atoms with Crippen LogP contribution in [-0.4, -0.2) is 88.3 Å². The zero-order chi connectivity index (χ0) is 30.8. The molecule has 2 heterocycles. The van der Waals surface area contributed by atoms with E-state index >= 15 is 0 Å². The Hall–Kier alpha value is -3.43. The van der Waals surface area contributed by atoms with E-state index in [1.54, 1.807) is 23.8 Å². The van der Waals surface area contributed by atoms with Crippen molar-refractivity contribution in [1.29, 1.82) is 0 Å². The van der Waals surface area contributed by atoms with Crippen molar-refractivity contribution in [2.75, 3.05) is 20.1 Å². The minimum absolute atomic E-state index is 0.0828. The number of alkyl halides is 1. The predicted octanol–water partition coefficient (Wildman–Crippen LogP) is 2.69. The van der Waals surface area contributed by atoms with E-state index in [4.69, 9.17) is 11.6 Å². The summed E-state index contributed by atoms with van der Waals surface area (Å²) >= 11 is 6.92. The maximum Gasteiger partial charge on any atom is 0.247 e. The van der Waals surface area contributed by atoms with Crippen LogP contribution in [0.1, 0.15) is 44.4 Å². The van der Waals surface area contributed by atoms with Crippen LogP contribution in [0.3, 0.4) is 0 Å². The number of carbonyl (C=O) groups is 4. The third-order valence-corrected chi connectivity index (χ3v) is 8.57. The number of nitrogens with one attached hydrogen (secondary N) is 2. The van der Waals surface area contributed by atoms with Crippen molar-refractivity contribution in [3.63, 3.8) is 0 Å². The number of nitrogens with zero attached hydrogens (tertiary/aromatic N) is 3. The molecule has 2 aliphatic rings. The summed E-state index contributed by atoms with van der Waals surface area (Å²) in [4.78, 5) is 59.3. The van der Waals surface area contributed by atoms with Crippen molar-refractivity contribution >= 4 is 35.2 Å². The molecule has 0 aliphatic carbocycles. The molecule has 42 heavy (non-hydrogen) atoms. The number of hydrogen-bond donors (Lipinski definition) is 2. The van der Waals surface area contributed by atoms with Crippen molar-refractivity contribution in [2.45, 2.75) is 77.3 Å². The van der Waals surface area contributed by atoms with E-state index in [1.807, 2.05) is 82.3 Å². The average Bonchev–Trinajstić information content (AvgIpc) is 3.28. The molecule has 1 unspecified atom stereocenters. The van der Waals surface area contributed by atoms with Crippen molar-refractivity contribution < 1.29 is 19.2 Å². The van der Waals surface area contributed by atoms with Crippen LogP contribution in [0.15, 0.2) is 54.6 Å². The zero-order valence-electron chi connectivity index (χ0n) is 25.3. The van der Waals surface area contributed by atoms with Crippen LogP contribution in [0.5, 0.6) is 0 Å². The highest BCUT2D eigenvalue weighted by atomic mass is 35.5. The standard InChI is InChI=1S/C32H42ClN5O4/c1-20-12-14-23(15-13-20)16-24-30(41)36(25(33)17-22-10-8-7-9-11-22)18-26-37(19-27(39)38(24)26)31(42)28(32(3,4)5)35-29(40)21(2)34-6/h7-15,21,24-26,28,34H,16-19H2,1-6H3,(H,35,40)/t21-,24-,25?,26+,28+/m0/s1. The number of aryl methyl sites for hydroxylation is 1. The number of amides is 4. The van der Waals surface area contributed by atoms with Gasteiger partial charge < -0.3 is 25.3 Å². The zero-order valence-corrected chi connectivity index (χ0v) is 26.0. The predicted molar refractivity (Wildman–Crippen MR) is 162 cm³/mol. The molecule has 2 aromatic carbocycles. The van der Waals surface area contributed by atoms with Gasteiger partial charge in [-0.3, -0.25) is 19.2 Å². The van der Waals surface area contributed by atoms with E-state index in [-0.39, 0.29) is 36.7 Å². The van der Waals surface area contributed by atoms with E-state index in [0.29, 0.717) is 12.8 Å². The number of halogens is 1. The summed E-state index contributed by atoms with van der Waals surface area (Å²) in [5.74, 6) is -1.21. The molecule has 2 saturated heterocycles. The Labute approximate surface area is 253 Å². The molecule has 4 rings (SSSR count). The van der Waals surface area contributed by atoms with Crippen LogP contribution in [0.4, 0.5) is 0 Å². The normalized spacial score (nSPS) is 21.2. The molecule has 2 fully saturated rings. The number of benzene rings is 2. The van der Waals surface area contributed by atoms with E-state index in [2.05, 4.69) is 10.6 Å². The maximum atomic E-state index is 14.2. The quantitative estimate of drug-likeness (QED) is 0.343. The largest absolute Gasteiger partial charge is 0.342 e. The van der Waals surface area contributed by atoms with Crippen molar-refractivity contribution in [2.24, 2.45) is 5.41 Å². The second-order valence-electron chi connectivity index (χ2n) is 12.4. The van der Waals surface area contributed by atoms with E-state index in [0.717, 1.165) is 16.7 Å². The van der Waals surface area contributed by atoms with Crippen LogP contribution < -0.4 is 10.6 Å². The van der Waals surface area contributed by atoms with Gasteiger partial charge in [0.2, 0.25) is 23.6 Å². The number of hydrogen-bond acceptors (Lipinski definition) is 5. The summed E-state index contributed by atoms with van der Waals surface area (Å²) in [5.41, 5.74) is 1.67. The molecule has 2 N–H and O–H groups in total. The lowest BCUT2D eigenvalue weighted by atomic mass is 9.85. The fourth-order valence-corrected chi connectivity index (χ4v) is 5.89. The first-order valence-corrected chi connectivity index (χ1v) is 14.9. The van der Waals surface area contributed by atoms with Gasteiger partial charge in [-0.25, -0.2) is 0 Å². The highest BCUT2D eigenvalue weighted by molar-refractivity contribution is 6.21. The molecule has 2 aliphatic heterocycles. The van der Waals surface area contributed by atoms with E-state index in [9.17, 15) is 19.2 Å². The minimum Gasteiger partial charge on any atom is -0.342 e. The minimum atomic E-state index is -0.883. The SMILES string of the molecule is CN[C@@H](C)C(=O)N[C@H](C(=O)N1CC(=O)N2[C@@H]1CN(C(Cl)Cc1ccccc1)C(=O)[C@@H]2Cc1ccc(C)cc1)C(C)(C)C. The molecule has 0 radical (unpaired) electrons. The number of rotatable bonds is 9. The number of carbonyl (C=O) groups excluding carboxylic acids is 4. The second kappa shape index (κ2) is 12.8. The summed E-state index contributed by atoms with van der Waals surface area (Å²) in [6.45, 7) is 9.24. The highest BCUT2D eigenvalue weighted by Gasteiger charge is 2.54. The topological polar surface area (TPSA) is 102 Å². The lowest BCUT2D eigenvalue weighted by Gasteiger charge is -2.46. The molecule has 0 spiro atoms. The average molecular weight is 596 g/mol. The Balaban J connectivity index is 1.68. The molecule has 0 saturated carbocycles. The van der Waals surface area contributed by atoms with Gasteiger partial charge >= 0.3 is 0 Å². The maximum absolute atomic E-state index is 14.2. The van der Waals surface area contributed by atoms with Crippen molar-refractivity contribution in [3.05, 3.63) is 71.3 Å². The molecule has 5 atom stereocenters. The fourth-order valence-electron chi connectivity index (χ4n) is 5.54. The molecule has 226 valence electrons. The van der Waals surface area contributed by atoms with Gasteiger partial charge in [-0.1, -0.05) is 92.5 Å². The molecule has 10 heteroatoms. The second-order valence-corrected chi connectivity index (χ2v) is 12.9. The molecular weight excluding hydrogens is 554 g/mol. The third kappa shape index (κ3) is 6.79. The number of fused-ring (bicyclic) bond motifs is 1. The smallest absolute Gasteiger partial charge is 0.247 e. The van der Waals surface area contributed by atoms with Gasteiger partial charge in [0.05, 0.1) is 12.6 Å². The van der Waals surface area contributed by atoms with Crippen LogP contribution in [-0.2, 0) is 32.0 Å². The Bertz CT molecular complexity index is 1300. The molecule has 2 aromatic rings. The highest BCUT2D eigenvalue weighted by Crippen LogP contribution is 2.33.